The van der Waals surface area contributed by atoms with Gasteiger partial charge < -0.3 is 0 Å². The monoisotopic (exact) mass is 347 g/mol. The molecule has 2 aromatic carbocycles. The Balaban J connectivity index is 1.72. The van der Waals surface area contributed by atoms with Crippen LogP contribution in [0, 0.1) is 17.2 Å². The third-order valence-corrected chi connectivity index (χ3v) is 4.93. The number of anilines is 1. The molecule has 1 aliphatic carbocycles. The Morgan fingerprint density at radius 3 is 2.73 bits per heavy atom. The number of hydrogen-bond acceptors (Lipinski definition) is 3. The number of nitriles is 1. The van der Waals surface area contributed by atoms with Gasteiger partial charge in [-0.3, -0.25) is 14.8 Å². The summed E-state index contributed by atoms with van der Waals surface area (Å²) in [5.41, 5.74) is 1.52. The van der Waals surface area contributed by atoms with E-state index in [-0.39, 0.29) is 11.7 Å². The van der Waals surface area contributed by atoms with Crippen LogP contribution in [-0.4, -0.2) is 24.0 Å². The second kappa shape index (κ2) is 6.64. The molecule has 1 atom stereocenters. The molecule has 0 saturated carbocycles. The van der Waals surface area contributed by atoms with Gasteiger partial charge in [-0.15, -0.1) is 0 Å². The number of rotatable bonds is 2. The van der Waals surface area contributed by atoms with Crippen molar-refractivity contribution < 1.29 is 9.18 Å². The van der Waals surface area contributed by atoms with Crippen LogP contribution in [0.1, 0.15) is 18.4 Å². The minimum atomic E-state index is -0.467. The molecule has 2 aromatic rings. The van der Waals surface area contributed by atoms with Crippen molar-refractivity contribution in [1.29, 1.82) is 5.26 Å². The van der Waals surface area contributed by atoms with E-state index < -0.39 is 5.92 Å². The normalized spacial score (nSPS) is 19.5. The molecular formula is C21H18FN3O. The van der Waals surface area contributed by atoms with E-state index in [1.165, 1.54) is 12.2 Å². The molecule has 1 fully saturated rings. The number of hydrogen-bond donors (Lipinski definition) is 0. The summed E-state index contributed by atoms with van der Waals surface area (Å²) in [5, 5.41) is 14.9. The fourth-order valence-corrected chi connectivity index (χ4v) is 3.70. The molecule has 0 radical (unpaired) electrons. The number of carbonyl (C=O) groups is 1. The van der Waals surface area contributed by atoms with Crippen LogP contribution in [0.15, 0.2) is 60.5 Å². The number of halogens is 1. The molecular weight excluding hydrogens is 329 g/mol. The summed E-state index contributed by atoms with van der Waals surface area (Å²) in [6.07, 6.45) is 5.88. The first-order chi connectivity index (χ1) is 12.7. The lowest BCUT2D eigenvalue weighted by Crippen LogP contribution is -2.44. The summed E-state index contributed by atoms with van der Waals surface area (Å²) >= 11 is 0. The lowest BCUT2D eigenvalue weighted by Gasteiger charge is -2.33. The molecule has 0 bridgehead atoms. The highest BCUT2D eigenvalue weighted by atomic mass is 19.1. The summed E-state index contributed by atoms with van der Waals surface area (Å²) in [5.74, 6) is -0.912. The maximum Gasteiger partial charge on any atom is 0.248 e. The van der Waals surface area contributed by atoms with E-state index in [4.69, 9.17) is 0 Å². The molecule has 0 aromatic heterocycles. The van der Waals surface area contributed by atoms with Gasteiger partial charge in [0.1, 0.15) is 5.83 Å². The molecule has 2 aliphatic rings. The Morgan fingerprint density at radius 2 is 1.96 bits per heavy atom. The van der Waals surface area contributed by atoms with Crippen LogP contribution >= 0.6 is 0 Å². The minimum Gasteiger partial charge on any atom is -0.282 e. The fourth-order valence-electron chi connectivity index (χ4n) is 3.70. The molecule has 5 heteroatoms. The summed E-state index contributed by atoms with van der Waals surface area (Å²) in [6.45, 7) is 1.33. The molecule has 1 unspecified atom stereocenters. The molecule has 130 valence electrons. The number of benzene rings is 2. The summed E-state index contributed by atoms with van der Waals surface area (Å²) < 4.78 is 13.6. The van der Waals surface area contributed by atoms with E-state index in [1.807, 2.05) is 35.3 Å². The van der Waals surface area contributed by atoms with Crippen molar-refractivity contribution in [2.24, 2.45) is 5.92 Å². The number of amides is 1. The van der Waals surface area contributed by atoms with Crippen LogP contribution < -0.4 is 5.01 Å². The lowest BCUT2D eigenvalue weighted by molar-refractivity contribution is -0.133. The summed E-state index contributed by atoms with van der Waals surface area (Å²) in [4.78, 5) is 13.0. The van der Waals surface area contributed by atoms with Crippen LogP contribution in [0.5, 0.6) is 0 Å². The number of nitrogens with zero attached hydrogens (tertiary/aromatic N) is 3. The summed E-state index contributed by atoms with van der Waals surface area (Å²) in [6, 6.07) is 13.6. The zero-order chi connectivity index (χ0) is 18.1. The second-order valence-corrected chi connectivity index (χ2v) is 6.52. The van der Waals surface area contributed by atoms with Gasteiger partial charge in [-0.2, -0.15) is 5.26 Å². The van der Waals surface area contributed by atoms with Crippen LogP contribution in [0.25, 0.3) is 10.8 Å². The van der Waals surface area contributed by atoms with Gasteiger partial charge in [0.05, 0.1) is 23.2 Å². The van der Waals surface area contributed by atoms with Gasteiger partial charge in [-0.1, -0.05) is 30.3 Å². The van der Waals surface area contributed by atoms with E-state index in [2.05, 4.69) is 6.07 Å². The van der Waals surface area contributed by atoms with E-state index in [9.17, 15) is 14.4 Å². The number of hydrazine groups is 1. The largest absolute Gasteiger partial charge is 0.282 e. The van der Waals surface area contributed by atoms with Gasteiger partial charge in [0.25, 0.3) is 0 Å². The van der Waals surface area contributed by atoms with Crippen LogP contribution in [0.3, 0.4) is 0 Å². The average molecular weight is 347 g/mol. The molecule has 4 rings (SSSR count). The Labute approximate surface area is 151 Å². The van der Waals surface area contributed by atoms with Crippen molar-refractivity contribution >= 4 is 22.4 Å². The maximum atomic E-state index is 13.6. The van der Waals surface area contributed by atoms with E-state index in [0.29, 0.717) is 18.5 Å². The van der Waals surface area contributed by atoms with Crippen molar-refractivity contribution in [2.45, 2.75) is 12.8 Å². The van der Waals surface area contributed by atoms with Crippen molar-refractivity contribution in [3.05, 3.63) is 66.0 Å². The first-order valence-corrected chi connectivity index (χ1v) is 8.73. The number of allylic oxidation sites excluding steroid dienone is 3. The van der Waals surface area contributed by atoms with E-state index in [1.54, 1.807) is 17.2 Å². The predicted octanol–water partition coefficient (Wildman–Crippen LogP) is 4.09. The predicted molar refractivity (Wildman–Crippen MR) is 98.8 cm³/mol. The summed E-state index contributed by atoms with van der Waals surface area (Å²) in [7, 11) is 0. The standard InChI is InChI=1S/C21H18FN3O/c22-17-6-3-5-15(13-17)21(26)25-12-4-11-24(25)20-10-9-16(14-23)18-7-1-2-8-19(18)20/h1-3,6-10,13,15H,4-5,11-12H2. The molecule has 1 aliphatic heterocycles. The third kappa shape index (κ3) is 2.74. The topological polar surface area (TPSA) is 47.3 Å². The Hall–Kier alpha value is -3.13. The average Bonchev–Trinajstić information content (AvgIpc) is 3.16. The van der Waals surface area contributed by atoms with Gasteiger partial charge in [0.15, 0.2) is 0 Å². The van der Waals surface area contributed by atoms with Crippen molar-refractivity contribution in [3.63, 3.8) is 0 Å². The van der Waals surface area contributed by atoms with Gasteiger partial charge >= 0.3 is 0 Å². The van der Waals surface area contributed by atoms with Gasteiger partial charge in [0, 0.05) is 23.9 Å². The van der Waals surface area contributed by atoms with Crippen molar-refractivity contribution in [3.8, 4) is 6.07 Å². The highest BCUT2D eigenvalue weighted by Crippen LogP contribution is 2.33. The van der Waals surface area contributed by atoms with Crippen LogP contribution in [0.4, 0.5) is 10.1 Å². The quantitative estimate of drug-likeness (QED) is 0.822. The van der Waals surface area contributed by atoms with Gasteiger partial charge in [-0.25, -0.2) is 4.39 Å². The first-order valence-electron chi connectivity index (χ1n) is 8.73. The van der Waals surface area contributed by atoms with E-state index in [0.717, 1.165) is 29.4 Å². The molecule has 1 saturated heterocycles. The van der Waals surface area contributed by atoms with Gasteiger partial charge in [-0.05, 0) is 37.1 Å². The molecule has 1 amide bonds. The Morgan fingerprint density at radius 1 is 1.15 bits per heavy atom. The molecule has 0 spiro atoms. The highest BCUT2D eigenvalue weighted by molar-refractivity contribution is 5.98. The van der Waals surface area contributed by atoms with E-state index >= 15 is 0 Å². The highest BCUT2D eigenvalue weighted by Gasteiger charge is 2.32. The maximum absolute atomic E-state index is 13.6. The van der Waals surface area contributed by atoms with Gasteiger partial charge in [0.2, 0.25) is 5.91 Å². The molecule has 1 heterocycles. The zero-order valence-electron chi connectivity index (χ0n) is 14.2. The first kappa shape index (κ1) is 16.3. The molecule has 0 N–H and O–H groups in total. The number of carbonyl (C=O) groups excluding carboxylic acids is 1. The third-order valence-electron chi connectivity index (χ3n) is 4.93. The second-order valence-electron chi connectivity index (χ2n) is 6.52. The SMILES string of the molecule is N#Cc1ccc(N2CCCN2C(=O)C2C=C(F)C=CC2)c2ccccc12. The molecule has 4 nitrogen and oxygen atoms in total. The zero-order valence-corrected chi connectivity index (χ0v) is 14.2. The Bertz CT molecular complexity index is 973. The van der Waals surface area contributed by atoms with Crippen LogP contribution in [0.2, 0.25) is 0 Å². The number of fused-ring (bicyclic) bond motifs is 1. The van der Waals surface area contributed by atoms with Crippen LogP contribution in [-0.2, 0) is 4.79 Å². The smallest absolute Gasteiger partial charge is 0.248 e. The Kier molecular flexibility index (Phi) is 4.18. The van der Waals surface area contributed by atoms with Crippen molar-refractivity contribution in [1.82, 2.24) is 5.01 Å². The minimum absolute atomic E-state index is 0.0876. The fraction of sp³-hybridized carbons (Fsp3) is 0.238. The van der Waals surface area contributed by atoms with Crippen molar-refractivity contribution in [2.75, 3.05) is 18.1 Å². The molecule has 26 heavy (non-hydrogen) atoms. The lowest BCUT2D eigenvalue weighted by atomic mass is 9.99.